The molecule has 0 saturated heterocycles. The summed E-state index contributed by atoms with van der Waals surface area (Å²) in [6.45, 7) is 0.138. The van der Waals surface area contributed by atoms with Gasteiger partial charge in [-0.25, -0.2) is 9.59 Å². The predicted molar refractivity (Wildman–Crippen MR) is 81.5 cm³/mol. The molecule has 6 nitrogen and oxygen atoms in total. The number of carboxylic acids is 1. The number of benzene rings is 2. The third-order valence-electron chi connectivity index (χ3n) is 3.05. The lowest BCUT2D eigenvalue weighted by atomic mass is 10.1. The van der Waals surface area contributed by atoms with Crippen molar-refractivity contribution in [1.29, 1.82) is 0 Å². The minimum atomic E-state index is -1.02. The molecule has 1 amide bonds. The molecule has 6 heteroatoms. The fourth-order valence-electron chi connectivity index (χ4n) is 1.81. The number of carbonyl (C=O) groups excluding carboxylic acids is 2. The van der Waals surface area contributed by atoms with Gasteiger partial charge in [0.1, 0.15) is 6.61 Å². The van der Waals surface area contributed by atoms with Crippen LogP contribution >= 0.6 is 0 Å². The van der Waals surface area contributed by atoms with Crippen LogP contribution in [0.4, 0.5) is 0 Å². The van der Waals surface area contributed by atoms with Crippen LogP contribution in [0.3, 0.4) is 0 Å². The van der Waals surface area contributed by atoms with E-state index in [1.54, 1.807) is 24.3 Å². The Hall–Kier alpha value is -3.15. The van der Waals surface area contributed by atoms with Crippen molar-refractivity contribution in [3.8, 4) is 0 Å². The van der Waals surface area contributed by atoms with E-state index in [-0.39, 0.29) is 18.7 Å². The number of hydrogen-bond acceptors (Lipinski definition) is 4. The van der Waals surface area contributed by atoms with Gasteiger partial charge in [0.15, 0.2) is 0 Å². The van der Waals surface area contributed by atoms with E-state index in [2.05, 4.69) is 5.32 Å². The number of rotatable bonds is 5. The van der Waals surface area contributed by atoms with Gasteiger partial charge in [-0.1, -0.05) is 42.5 Å². The first-order valence-electron chi connectivity index (χ1n) is 6.87. The molecule has 0 radical (unpaired) electrons. The lowest BCUT2D eigenvalue weighted by Crippen LogP contribution is -2.32. The average Bonchev–Trinajstić information content (AvgIpc) is 2.58. The van der Waals surface area contributed by atoms with Crippen LogP contribution in [0.5, 0.6) is 0 Å². The quantitative estimate of drug-likeness (QED) is 0.648. The second-order valence-corrected chi connectivity index (χ2v) is 4.75. The van der Waals surface area contributed by atoms with Crippen molar-refractivity contribution in [3.05, 3.63) is 71.3 Å². The lowest BCUT2D eigenvalue weighted by Gasteiger charge is -2.06. The van der Waals surface area contributed by atoms with E-state index < -0.39 is 17.8 Å². The molecule has 0 heterocycles. The Balaban J connectivity index is 1.79. The second kappa shape index (κ2) is 7.74. The molecule has 0 aromatic heterocycles. The molecule has 0 aliphatic carbocycles. The number of carbonyl (C=O) groups is 3. The zero-order valence-electron chi connectivity index (χ0n) is 12.2. The Morgan fingerprint density at radius 1 is 0.913 bits per heavy atom. The van der Waals surface area contributed by atoms with E-state index in [1.165, 1.54) is 12.1 Å². The normalized spacial score (nSPS) is 9.91. The Morgan fingerprint density at radius 3 is 2.17 bits per heavy atom. The van der Waals surface area contributed by atoms with Crippen LogP contribution in [-0.2, 0) is 27.5 Å². The highest BCUT2D eigenvalue weighted by Gasteiger charge is 2.15. The molecule has 0 saturated carbocycles. The molecule has 2 aromatic rings. The fourth-order valence-corrected chi connectivity index (χ4v) is 1.81. The smallest absolute Gasteiger partial charge is 0.397 e. The molecule has 0 bridgehead atoms. The Bertz CT molecular complexity index is 695. The van der Waals surface area contributed by atoms with Crippen LogP contribution in [0.1, 0.15) is 21.5 Å². The topological polar surface area (TPSA) is 92.7 Å². The maximum Gasteiger partial charge on any atom is 0.397 e. The number of nitrogens with one attached hydrogen (secondary N) is 1. The van der Waals surface area contributed by atoms with E-state index in [1.807, 2.05) is 18.2 Å². The van der Waals surface area contributed by atoms with E-state index in [4.69, 9.17) is 9.84 Å². The average molecular weight is 313 g/mol. The Morgan fingerprint density at radius 2 is 1.57 bits per heavy atom. The number of amides is 1. The lowest BCUT2D eigenvalue weighted by molar-refractivity contribution is -0.155. The van der Waals surface area contributed by atoms with Crippen molar-refractivity contribution in [2.75, 3.05) is 0 Å². The number of hydrogen-bond donors (Lipinski definition) is 2. The molecule has 0 spiro atoms. The summed E-state index contributed by atoms with van der Waals surface area (Å²) < 4.78 is 4.90. The SMILES string of the molecule is O=C(NCc1ccc(C(=O)O)cc1)C(=O)OCc1ccccc1. The van der Waals surface area contributed by atoms with E-state index in [0.29, 0.717) is 5.56 Å². The van der Waals surface area contributed by atoms with E-state index in [0.717, 1.165) is 5.56 Å². The van der Waals surface area contributed by atoms with Gasteiger partial charge in [-0.05, 0) is 23.3 Å². The number of carboxylic acid groups (broad SMARTS) is 1. The largest absolute Gasteiger partial charge is 0.478 e. The van der Waals surface area contributed by atoms with Crippen molar-refractivity contribution >= 4 is 17.8 Å². The van der Waals surface area contributed by atoms with Crippen LogP contribution in [0.2, 0.25) is 0 Å². The highest BCUT2D eigenvalue weighted by Crippen LogP contribution is 2.04. The van der Waals surface area contributed by atoms with Crippen molar-refractivity contribution in [2.24, 2.45) is 0 Å². The molecule has 0 fully saturated rings. The summed E-state index contributed by atoms with van der Waals surface area (Å²) in [6, 6.07) is 15.0. The predicted octanol–water partition coefficient (Wildman–Crippen LogP) is 1.74. The highest BCUT2D eigenvalue weighted by atomic mass is 16.5. The summed E-state index contributed by atoms with van der Waals surface area (Å²) in [5.41, 5.74) is 1.62. The van der Waals surface area contributed by atoms with Gasteiger partial charge in [-0.3, -0.25) is 4.79 Å². The third-order valence-corrected chi connectivity index (χ3v) is 3.05. The molecule has 2 aromatic carbocycles. The van der Waals surface area contributed by atoms with Gasteiger partial charge in [0.2, 0.25) is 0 Å². The summed E-state index contributed by atoms with van der Waals surface area (Å²) in [5, 5.41) is 11.2. The van der Waals surface area contributed by atoms with Crippen LogP contribution in [0.25, 0.3) is 0 Å². The first-order valence-corrected chi connectivity index (χ1v) is 6.87. The van der Waals surface area contributed by atoms with Crippen molar-refractivity contribution in [3.63, 3.8) is 0 Å². The minimum absolute atomic E-state index is 0.0282. The summed E-state index contributed by atoms with van der Waals surface area (Å²) in [4.78, 5) is 33.9. The minimum Gasteiger partial charge on any atom is -0.478 e. The maximum atomic E-state index is 11.6. The Kier molecular flexibility index (Phi) is 5.46. The van der Waals surface area contributed by atoms with Gasteiger partial charge in [0, 0.05) is 6.54 Å². The van der Waals surface area contributed by atoms with Crippen molar-refractivity contribution in [1.82, 2.24) is 5.32 Å². The molecule has 0 aliphatic heterocycles. The third kappa shape index (κ3) is 4.96. The molecule has 2 rings (SSSR count). The summed E-state index contributed by atoms with van der Waals surface area (Å²) in [7, 11) is 0. The fraction of sp³-hybridized carbons (Fsp3) is 0.118. The van der Waals surface area contributed by atoms with Crippen LogP contribution in [-0.4, -0.2) is 23.0 Å². The maximum absolute atomic E-state index is 11.6. The number of esters is 1. The van der Waals surface area contributed by atoms with Gasteiger partial charge in [0.25, 0.3) is 0 Å². The Labute approximate surface area is 132 Å². The van der Waals surface area contributed by atoms with Gasteiger partial charge >= 0.3 is 17.8 Å². The summed E-state index contributed by atoms with van der Waals surface area (Å²) >= 11 is 0. The first-order chi connectivity index (χ1) is 11.1. The molecule has 0 atom stereocenters. The summed E-state index contributed by atoms with van der Waals surface area (Å²) in [6.07, 6.45) is 0. The molecule has 0 aliphatic rings. The molecular formula is C17H15NO5. The molecule has 2 N–H and O–H groups in total. The van der Waals surface area contributed by atoms with E-state index in [9.17, 15) is 14.4 Å². The molecule has 23 heavy (non-hydrogen) atoms. The van der Waals surface area contributed by atoms with Crippen molar-refractivity contribution < 1.29 is 24.2 Å². The molecule has 118 valence electrons. The van der Waals surface area contributed by atoms with E-state index >= 15 is 0 Å². The zero-order valence-corrected chi connectivity index (χ0v) is 12.2. The zero-order chi connectivity index (χ0) is 16.7. The van der Waals surface area contributed by atoms with Crippen LogP contribution < -0.4 is 5.32 Å². The van der Waals surface area contributed by atoms with Gasteiger partial charge in [0.05, 0.1) is 5.56 Å². The summed E-state index contributed by atoms with van der Waals surface area (Å²) in [5.74, 6) is -2.83. The monoisotopic (exact) mass is 313 g/mol. The number of aromatic carboxylic acids is 1. The standard InChI is InChI=1S/C17H15NO5/c19-15(17(22)23-11-13-4-2-1-3-5-13)18-10-12-6-8-14(9-7-12)16(20)21/h1-9H,10-11H2,(H,18,19)(H,20,21). The van der Waals surface area contributed by atoms with Crippen molar-refractivity contribution in [2.45, 2.75) is 13.2 Å². The second-order valence-electron chi connectivity index (χ2n) is 4.75. The first kappa shape index (κ1) is 16.2. The van der Waals surface area contributed by atoms with Crippen LogP contribution in [0, 0.1) is 0 Å². The van der Waals surface area contributed by atoms with Gasteiger partial charge in [-0.15, -0.1) is 0 Å². The number of ether oxygens (including phenoxy) is 1. The highest BCUT2D eigenvalue weighted by molar-refractivity contribution is 6.32. The molecular weight excluding hydrogens is 298 g/mol. The van der Waals surface area contributed by atoms with Gasteiger partial charge in [-0.2, -0.15) is 0 Å². The van der Waals surface area contributed by atoms with Gasteiger partial charge < -0.3 is 15.2 Å². The molecule has 0 unspecified atom stereocenters. The van der Waals surface area contributed by atoms with Crippen LogP contribution in [0.15, 0.2) is 54.6 Å².